The van der Waals surface area contributed by atoms with E-state index < -0.39 is 0 Å². The normalized spacial score (nSPS) is 15.3. The van der Waals surface area contributed by atoms with Crippen molar-refractivity contribution in [2.45, 2.75) is 12.5 Å². The van der Waals surface area contributed by atoms with E-state index in [9.17, 15) is 0 Å². The van der Waals surface area contributed by atoms with Crippen LogP contribution in [-0.2, 0) is 6.42 Å². The van der Waals surface area contributed by atoms with Gasteiger partial charge in [-0.2, -0.15) is 0 Å². The van der Waals surface area contributed by atoms with Gasteiger partial charge in [0.2, 0.25) is 0 Å². The van der Waals surface area contributed by atoms with E-state index in [0.717, 1.165) is 23.2 Å². The van der Waals surface area contributed by atoms with Gasteiger partial charge in [0.15, 0.2) is 0 Å². The van der Waals surface area contributed by atoms with Crippen molar-refractivity contribution in [1.29, 1.82) is 0 Å². The lowest BCUT2D eigenvalue weighted by atomic mass is 10.0. The molecule has 0 saturated heterocycles. The topological polar surface area (TPSA) is 24.4 Å². The van der Waals surface area contributed by atoms with E-state index in [1.165, 1.54) is 22.4 Å². The highest BCUT2D eigenvalue weighted by molar-refractivity contribution is 5.86. The van der Waals surface area contributed by atoms with Crippen molar-refractivity contribution < 1.29 is 0 Å². The van der Waals surface area contributed by atoms with Crippen molar-refractivity contribution in [3.63, 3.8) is 0 Å². The molecule has 1 N–H and O–H groups in total. The number of hydrogen-bond acceptors (Lipinski definition) is 2. The zero-order valence-electron chi connectivity index (χ0n) is 17.3. The zero-order chi connectivity index (χ0) is 20.9. The largest absolute Gasteiger partial charge is 0.378 e. The fourth-order valence-corrected chi connectivity index (χ4v) is 3.98. The number of hydrogen-bond donors (Lipinski definition) is 1. The first kappa shape index (κ1) is 19.1. The summed E-state index contributed by atoms with van der Waals surface area (Å²) in [5, 5.41) is 3.69. The number of nitrogens with zero attached hydrogens (tertiary/aromatic N) is 1. The van der Waals surface area contributed by atoms with Crippen molar-refractivity contribution in [2.24, 2.45) is 4.99 Å². The summed E-state index contributed by atoms with van der Waals surface area (Å²) in [6.45, 7) is 0. The van der Waals surface area contributed by atoms with Crippen LogP contribution in [0.25, 0.3) is 12.2 Å². The maximum absolute atomic E-state index is 4.85. The van der Waals surface area contributed by atoms with Crippen molar-refractivity contribution >= 4 is 29.7 Å². The Kier molecular flexibility index (Phi) is 5.44. The number of aliphatic imine (C=N–C) groups is 1. The Balaban J connectivity index is 1.50. The molecule has 1 aliphatic heterocycles. The molecule has 2 nitrogen and oxygen atoms in total. The van der Waals surface area contributed by atoms with Crippen LogP contribution in [0.2, 0.25) is 0 Å². The minimum atomic E-state index is 0.301. The highest BCUT2D eigenvalue weighted by atomic mass is 15.0. The van der Waals surface area contributed by atoms with Crippen LogP contribution in [0.5, 0.6) is 0 Å². The molecule has 0 aromatic heterocycles. The Labute approximate surface area is 183 Å². The molecule has 0 bridgehead atoms. The molecule has 1 aliphatic rings. The molecule has 0 saturated carbocycles. The lowest BCUT2D eigenvalue weighted by molar-refractivity contribution is 0.824. The predicted octanol–water partition coefficient (Wildman–Crippen LogP) is 7.32. The summed E-state index contributed by atoms with van der Waals surface area (Å²) < 4.78 is 0. The smallest absolute Gasteiger partial charge is 0.0722 e. The Morgan fingerprint density at radius 3 is 2.06 bits per heavy atom. The summed E-state index contributed by atoms with van der Waals surface area (Å²) in [5.74, 6) is 0. The third-order valence-corrected chi connectivity index (χ3v) is 5.62. The van der Waals surface area contributed by atoms with Gasteiger partial charge in [0, 0.05) is 17.5 Å². The molecule has 0 unspecified atom stereocenters. The van der Waals surface area contributed by atoms with Gasteiger partial charge in [-0.15, -0.1) is 0 Å². The maximum atomic E-state index is 4.85. The van der Waals surface area contributed by atoms with E-state index in [2.05, 4.69) is 96.3 Å². The molecule has 0 spiro atoms. The summed E-state index contributed by atoms with van der Waals surface area (Å²) in [7, 11) is 0. The van der Waals surface area contributed by atoms with Crippen LogP contribution in [0.4, 0.5) is 11.4 Å². The summed E-state index contributed by atoms with van der Waals surface area (Å²) in [4.78, 5) is 4.85. The van der Waals surface area contributed by atoms with Crippen LogP contribution in [0.3, 0.4) is 0 Å². The molecule has 0 radical (unpaired) electrons. The van der Waals surface area contributed by atoms with Crippen LogP contribution in [0.15, 0.2) is 108 Å². The number of nitrogens with one attached hydrogen (secondary N) is 1. The Morgan fingerprint density at radius 2 is 1.35 bits per heavy atom. The fraction of sp³-hybridized carbons (Fsp3) is 0.0690. The molecule has 2 heteroatoms. The van der Waals surface area contributed by atoms with E-state index in [4.69, 9.17) is 4.99 Å². The van der Waals surface area contributed by atoms with Gasteiger partial charge < -0.3 is 5.32 Å². The van der Waals surface area contributed by atoms with E-state index in [1.807, 2.05) is 30.5 Å². The first-order valence-electron chi connectivity index (χ1n) is 10.7. The van der Waals surface area contributed by atoms with E-state index in [-0.39, 0.29) is 0 Å². The molecule has 4 aromatic carbocycles. The molecule has 4 aromatic rings. The van der Waals surface area contributed by atoms with Crippen molar-refractivity contribution in [2.75, 3.05) is 5.32 Å². The van der Waals surface area contributed by atoms with Gasteiger partial charge in [0.25, 0.3) is 0 Å². The van der Waals surface area contributed by atoms with Crippen molar-refractivity contribution in [1.82, 2.24) is 0 Å². The second-order valence-corrected chi connectivity index (χ2v) is 7.79. The fourth-order valence-electron chi connectivity index (χ4n) is 3.98. The third-order valence-electron chi connectivity index (χ3n) is 5.62. The summed E-state index contributed by atoms with van der Waals surface area (Å²) in [5.41, 5.74) is 8.19. The average molecular weight is 401 g/mol. The molecule has 0 amide bonds. The van der Waals surface area contributed by atoms with Gasteiger partial charge >= 0.3 is 0 Å². The SMILES string of the molecule is C(=Nc1cc2c(cc1/C=C/c1ccccc1)C[C@@H](c1ccccc1)N2)c1ccccc1. The van der Waals surface area contributed by atoms with Crippen LogP contribution < -0.4 is 5.32 Å². The van der Waals surface area contributed by atoms with E-state index >= 15 is 0 Å². The lowest BCUT2D eigenvalue weighted by Crippen LogP contribution is -2.04. The van der Waals surface area contributed by atoms with Crippen LogP contribution >= 0.6 is 0 Å². The summed E-state index contributed by atoms with van der Waals surface area (Å²) in [6, 6.07) is 36.0. The molecule has 1 atom stereocenters. The van der Waals surface area contributed by atoms with E-state index in [1.54, 1.807) is 0 Å². The molecule has 5 rings (SSSR count). The minimum absolute atomic E-state index is 0.301. The molecule has 1 heterocycles. The Hall–Kier alpha value is -3.91. The van der Waals surface area contributed by atoms with Gasteiger partial charge in [0.1, 0.15) is 0 Å². The molecule has 31 heavy (non-hydrogen) atoms. The lowest BCUT2D eigenvalue weighted by Gasteiger charge is -2.11. The molecule has 150 valence electrons. The number of benzene rings is 4. The van der Waals surface area contributed by atoms with Crippen LogP contribution in [0, 0.1) is 0 Å². The zero-order valence-corrected chi connectivity index (χ0v) is 17.3. The first-order valence-corrected chi connectivity index (χ1v) is 10.7. The number of fused-ring (bicyclic) bond motifs is 1. The highest BCUT2D eigenvalue weighted by Gasteiger charge is 2.23. The van der Waals surface area contributed by atoms with Gasteiger partial charge in [0.05, 0.1) is 11.7 Å². The van der Waals surface area contributed by atoms with Crippen LogP contribution in [-0.4, -0.2) is 6.21 Å². The second kappa shape index (κ2) is 8.85. The average Bonchev–Trinajstić information content (AvgIpc) is 3.26. The second-order valence-electron chi connectivity index (χ2n) is 7.79. The monoisotopic (exact) mass is 400 g/mol. The summed E-state index contributed by atoms with van der Waals surface area (Å²) >= 11 is 0. The van der Waals surface area contributed by atoms with Gasteiger partial charge in [-0.1, -0.05) is 103 Å². The quantitative estimate of drug-likeness (QED) is 0.275. The number of anilines is 1. The summed E-state index contributed by atoms with van der Waals surface area (Å²) in [6.07, 6.45) is 7.24. The van der Waals surface area contributed by atoms with Gasteiger partial charge in [-0.3, -0.25) is 4.99 Å². The standard InChI is InChI=1S/C29H24N2/c1-4-10-22(11-5-1)16-17-25-18-26-19-28(24-14-8-3-9-15-24)31-29(26)20-27(25)30-21-23-12-6-2-7-13-23/h1-18,20-21,28,31H,19H2/b17-16+,30-21?/t28-/m0/s1. The third kappa shape index (κ3) is 4.49. The first-order chi connectivity index (χ1) is 15.3. The van der Waals surface area contributed by atoms with Crippen LogP contribution in [0.1, 0.15) is 33.9 Å². The molecule has 0 aliphatic carbocycles. The Morgan fingerprint density at radius 1 is 0.710 bits per heavy atom. The van der Waals surface area contributed by atoms with E-state index in [0.29, 0.717) is 6.04 Å². The predicted molar refractivity (Wildman–Crippen MR) is 132 cm³/mol. The molecular weight excluding hydrogens is 376 g/mol. The highest BCUT2D eigenvalue weighted by Crippen LogP contribution is 2.39. The van der Waals surface area contributed by atoms with Crippen molar-refractivity contribution in [3.8, 4) is 0 Å². The molecule has 0 fully saturated rings. The van der Waals surface area contributed by atoms with Gasteiger partial charge in [-0.25, -0.2) is 0 Å². The minimum Gasteiger partial charge on any atom is -0.378 e. The Bertz CT molecular complexity index is 1130. The van der Waals surface area contributed by atoms with Gasteiger partial charge in [-0.05, 0) is 40.8 Å². The number of rotatable bonds is 5. The maximum Gasteiger partial charge on any atom is 0.0722 e. The van der Waals surface area contributed by atoms with Crippen molar-refractivity contribution in [3.05, 3.63) is 131 Å². The molecular formula is C29H24N2.